The predicted octanol–water partition coefficient (Wildman–Crippen LogP) is 0.895. The monoisotopic (exact) mass is 336 g/mol. The van der Waals surface area contributed by atoms with E-state index in [0.29, 0.717) is 0 Å². The van der Waals surface area contributed by atoms with Gasteiger partial charge in [0.1, 0.15) is 0 Å². The Morgan fingerprint density at radius 3 is 1.43 bits per heavy atom. The molecule has 0 amide bonds. The smallest absolute Gasteiger partial charge is 0.336 e. The van der Waals surface area contributed by atoms with Crippen molar-refractivity contribution in [1.82, 2.24) is 0 Å². The van der Waals surface area contributed by atoms with Crippen LogP contribution in [0, 0.1) is 11.3 Å². The Kier molecular flexibility index (Phi) is 9.13. The largest absolute Gasteiger partial charge is 0.481 e. The van der Waals surface area contributed by atoms with Crippen molar-refractivity contribution < 1.29 is 44.7 Å². The first-order chi connectivity index (χ1) is 10.3. The van der Waals surface area contributed by atoms with Gasteiger partial charge in [-0.2, -0.15) is 0 Å². The fraction of sp³-hybridized carbons (Fsp3) is 0.714. The highest BCUT2D eigenvalue weighted by Gasteiger charge is 2.45. The minimum absolute atomic E-state index is 0.0893. The van der Waals surface area contributed by atoms with Crippen LogP contribution in [0.3, 0.4) is 0 Å². The Morgan fingerprint density at radius 2 is 1.35 bits per heavy atom. The van der Waals surface area contributed by atoms with E-state index >= 15 is 0 Å². The number of hydrogen-bond acceptors (Lipinski definition) is 5. The predicted molar refractivity (Wildman–Crippen MR) is 78.0 cm³/mol. The molecule has 0 fully saturated rings. The molecule has 23 heavy (non-hydrogen) atoms. The minimum Gasteiger partial charge on any atom is -0.481 e. The van der Waals surface area contributed by atoms with E-state index in [1.165, 1.54) is 27.7 Å². The van der Waals surface area contributed by atoms with Crippen molar-refractivity contribution in [3.8, 4) is 0 Å². The summed E-state index contributed by atoms with van der Waals surface area (Å²) in [5, 5.41) is 43.5. The molecule has 0 rings (SSSR count). The van der Waals surface area contributed by atoms with Gasteiger partial charge in [-0.3, -0.25) is 14.4 Å². The van der Waals surface area contributed by atoms with E-state index in [0.717, 1.165) is 0 Å². The summed E-state index contributed by atoms with van der Waals surface area (Å²) < 4.78 is 0. The van der Waals surface area contributed by atoms with Crippen LogP contribution in [0.1, 0.15) is 47.0 Å². The molecule has 0 aromatic heterocycles. The van der Waals surface area contributed by atoms with Gasteiger partial charge >= 0.3 is 23.9 Å². The van der Waals surface area contributed by atoms with Crippen LogP contribution >= 0.6 is 0 Å². The number of rotatable bonds is 8. The first kappa shape index (κ1) is 23.1. The third-order valence-electron chi connectivity index (χ3n) is 3.36. The molecule has 2 atom stereocenters. The van der Waals surface area contributed by atoms with Crippen molar-refractivity contribution in [2.45, 2.75) is 52.6 Å². The number of carbonyl (C=O) groups is 4. The van der Waals surface area contributed by atoms with Crippen molar-refractivity contribution in [3.63, 3.8) is 0 Å². The Bertz CT molecular complexity index is 455. The van der Waals surface area contributed by atoms with Crippen LogP contribution in [-0.4, -0.2) is 55.0 Å². The molecule has 0 bridgehead atoms. The first-order valence-corrected chi connectivity index (χ1v) is 6.90. The van der Waals surface area contributed by atoms with E-state index in [2.05, 4.69) is 0 Å². The van der Waals surface area contributed by atoms with Crippen LogP contribution in [0.4, 0.5) is 0 Å². The number of carboxylic acid groups (broad SMARTS) is 4. The average molecular weight is 336 g/mol. The van der Waals surface area contributed by atoms with Crippen LogP contribution in [-0.2, 0) is 19.2 Å². The quantitative estimate of drug-likeness (QED) is 0.432. The molecular weight excluding hydrogens is 312 g/mol. The van der Waals surface area contributed by atoms with Gasteiger partial charge in [0.25, 0.3) is 0 Å². The molecule has 9 heteroatoms. The summed E-state index contributed by atoms with van der Waals surface area (Å²) >= 11 is 0. The van der Waals surface area contributed by atoms with Crippen LogP contribution < -0.4 is 0 Å². The molecule has 5 N–H and O–H groups in total. The molecule has 0 aliphatic heterocycles. The fourth-order valence-electron chi connectivity index (χ4n) is 1.72. The van der Waals surface area contributed by atoms with E-state index in [1.807, 2.05) is 0 Å². The van der Waals surface area contributed by atoms with E-state index in [4.69, 9.17) is 20.4 Å². The Labute approximate surface area is 133 Å². The van der Waals surface area contributed by atoms with E-state index in [9.17, 15) is 24.3 Å². The lowest BCUT2D eigenvalue weighted by Gasteiger charge is -2.27. The topological polar surface area (TPSA) is 169 Å². The van der Waals surface area contributed by atoms with Crippen molar-refractivity contribution in [1.29, 1.82) is 0 Å². The standard InChI is InChI=1S/C8H14O5.C6H10O4/c1-3-5(6(9)10)8(13,4-2)7(11)12;1-6(2,5(9)10)3-4(7)8/h5,13H,3-4H2,1-2H3,(H,9,10)(H,11,12);3H2,1-2H3,(H,7,8)(H,9,10). The molecule has 0 aromatic carbocycles. The number of aliphatic carboxylic acids is 4. The number of hydrogen-bond donors (Lipinski definition) is 5. The highest BCUT2D eigenvalue weighted by atomic mass is 16.4. The molecule has 2 unspecified atom stereocenters. The highest BCUT2D eigenvalue weighted by molar-refractivity contribution is 5.85. The molecule has 0 heterocycles. The summed E-state index contributed by atoms with van der Waals surface area (Å²) in [6.45, 7) is 5.73. The van der Waals surface area contributed by atoms with Gasteiger partial charge in [0.05, 0.1) is 17.8 Å². The molecule has 0 aliphatic rings. The van der Waals surface area contributed by atoms with Gasteiger partial charge in [-0.25, -0.2) is 4.79 Å². The molecule has 9 nitrogen and oxygen atoms in total. The lowest BCUT2D eigenvalue weighted by Crippen LogP contribution is -2.48. The second kappa shape index (κ2) is 9.09. The number of aliphatic hydroxyl groups is 1. The summed E-state index contributed by atoms with van der Waals surface area (Å²) in [6.07, 6.45) is -0.374. The normalized spacial score (nSPS) is 14.7. The first-order valence-electron chi connectivity index (χ1n) is 6.90. The summed E-state index contributed by atoms with van der Waals surface area (Å²) in [5.74, 6) is -6.20. The second-order valence-electron chi connectivity index (χ2n) is 5.64. The van der Waals surface area contributed by atoms with Crippen molar-refractivity contribution in [2.75, 3.05) is 0 Å². The van der Waals surface area contributed by atoms with E-state index in [-0.39, 0.29) is 19.3 Å². The second-order valence-corrected chi connectivity index (χ2v) is 5.64. The fourth-order valence-corrected chi connectivity index (χ4v) is 1.72. The zero-order valence-electron chi connectivity index (χ0n) is 13.6. The van der Waals surface area contributed by atoms with Crippen LogP contribution in [0.5, 0.6) is 0 Å². The molecule has 0 radical (unpaired) electrons. The Morgan fingerprint density at radius 1 is 0.913 bits per heavy atom. The van der Waals surface area contributed by atoms with Gasteiger partial charge in [-0.05, 0) is 26.7 Å². The van der Waals surface area contributed by atoms with E-state index in [1.54, 1.807) is 0 Å². The maximum atomic E-state index is 10.6. The molecular formula is C14H24O9. The lowest BCUT2D eigenvalue weighted by molar-refractivity contribution is -0.175. The highest BCUT2D eigenvalue weighted by Crippen LogP contribution is 2.25. The minimum atomic E-state index is -2.15. The van der Waals surface area contributed by atoms with Crippen molar-refractivity contribution in [2.24, 2.45) is 11.3 Å². The Hall–Kier alpha value is -2.16. The SMILES string of the molecule is CC(C)(CC(=O)O)C(=O)O.CCC(C(=O)O)C(O)(CC)C(=O)O. The molecule has 0 spiro atoms. The van der Waals surface area contributed by atoms with Crippen LogP contribution in [0.25, 0.3) is 0 Å². The summed E-state index contributed by atoms with van der Waals surface area (Å²) in [7, 11) is 0. The molecule has 0 saturated carbocycles. The molecule has 0 aliphatic carbocycles. The zero-order chi connectivity index (χ0) is 19.0. The maximum Gasteiger partial charge on any atom is 0.336 e. The third kappa shape index (κ3) is 7.09. The van der Waals surface area contributed by atoms with Crippen molar-refractivity contribution in [3.05, 3.63) is 0 Å². The zero-order valence-corrected chi connectivity index (χ0v) is 13.6. The van der Waals surface area contributed by atoms with Crippen molar-refractivity contribution >= 4 is 23.9 Å². The molecule has 0 aromatic rings. The van der Waals surface area contributed by atoms with Gasteiger partial charge in [0.15, 0.2) is 5.60 Å². The summed E-state index contributed by atoms with van der Waals surface area (Å²) in [6, 6.07) is 0. The van der Waals surface area contributed by atoms with Crippen LogP contribution in [0.15, 0.2) is 0 Å². The van der Waals surface area contributed by atoms with Gasteiger partial charge in [-0.15, -0.1) is 0 Å². The third-order valence-corrected chi connectivity index (χ3v) is 3.36. The Balaban J connectivity index is 0. The molecule has 134 valence electrons. The van der Waals surface area contributed by atoms with Gasteiger partial charge in [0, 0.05) is 0 Å². The van der Waals surface area contributed by atoms with Gasteiger partial charge < -0.3 is 25.5 Å². The summed E-state index contributed by atoms with van der Waals surface area (Å²) in [5.41, 5.74) is -3.31. The van der Waals surface area contributed by atoms with E-state index < -0.39 is 40.8 Å². The summed E-state index contributed by atoms with van der Waals surface area (Å²) in [4.78, 5) is 41.6. The lowest BCUT2D eigenvalue weighted by atomic mass is 9.83. The average Bonchev–Trinajstić information content (AvgIpc) is 2.37. The van der Waals surface area contributed by atoms with Gasteiger partial charge in [0.2, 0.25) is 0 Å². The number of carboxylic acids is 4. The molecule has 0 saturated heterocycles. The van der Waals surface area contributed by atoms with Gasteiger partial charge in [-0.1, -0.05) is 13.8 Å². The maximum absolute atomic E-state index is 10.6. The van der Waals surface area contributed by atoms with Crippen LogP contribution in [0.2, 0.25) is 0 Å².